The molecule has 0 saturated heterocycles. The van der Waals surface area contributed by atoms with Crippen LogP contribution in [0.5, 0.6) is 5.75 Å². The molecule has 2 aliphatic carbocycles. The van der Waals surface area contributed by atoms with Gasteiger partial charge in [0.25, 0.3) is 0 Å². The molecule has 0 atom stereocenters. The van der Waals surface area contributed by atoms with Crippen molar-refractivity contribution in [1.29, 1.82) is 0 Å². The monoisotopic (exact) mass is 567 g/mol. The van der Waals surface area contributed by atoms with Crippen LogP contribution in [-0.2, 0) is 10.1 Å². The van der Waals surface area contributed by atoms with E-state index in [2.05, 4.69) is 53.7 Å². The molecular formula is C34H47O5S-. The third-order valence-electron chi connectivity index (χ3n) is 9.03. The number of esters is 1. The van der Waals surface area contributed by atoms with Gasteiger partial charge in [0.15, 0.2) is 0 Å². The molecule has 0 heterocycles. The van der Waals surface area contributed by atoms with E-state index in [0.29, 0.717) is 17.2 Å². The standard InChI is InChI=1S/C34H48O5S/c1-21(2)26-17-28(22(3)4)32(29(18-26)23(5)6)34(35)39-33-30(24-13-9-7-10-14-24)19-27(40(36,37)38)20-31(33)25-15-11-8-12-16-25/h17-25H,7-16H2,1-6H3,(H,36,37,38)/p-1. The first-order chi connectivity index (χ1) is 18.9. The van der Waals surface area contributed by atoms with Crippen LogP contribution in [0.15, 0.2) is 29.2 Å². The molecule has 2 saturated carbocycles. The Morgan fingerprint density at radius 3 is 1.50 bits per heavy atom. The molecule has 2 aromatic rings. The quantitative estimate of drug-likeness (QED) is 0.180. The summed E-state index contributed by atoms with van der Waals surface area (Å²) in [4.78, 5) is 14.1. The summed E-state index contributed by atoms with van der Waals surface area (Å²) >= 11 is 0. The van der Waals surface area contributed by atoms with Crippen molar-refractivity contribution in [3.63, 3.8) is 0 Å². The van der Waals surface area contributed by atoms with Gasteiger partial charge in [0.1, 0.15) is 15.9 Å². The predicted molar refractivity (Wildman–Crippen MR) is 160 cm³/mol. The summed E-state index contributed by atoms with van der Waals surface area (Å²) < 4.78 is 43.4. The van der Waals surface area contributed by atoms with Crippen molar-refractivity contribution in [1.82, 2.24) is 0 Å². The van der Waals surface area contributed by atoms with Crippen LogP contribution in [0.1, 0.15) is 174 Å². The molecule has 40 heavy (non-hydrogen) atoms. The number of carbonyl (C=O) groups is 1. The molecule has 2 aliphatic rings. The minimum atomic E-state index is -4.66. The molecule has 5 nitrogen and oxygen atoms in total. The minimum Gasteiger partial charge on any atom is -0.744 e. The molecule has 0 unspecified atom stereocenters. The van der Waals surface area contributed by atoms with Crippen molar-refractivity contribution in [2.75, 3.05) is 0 Å². The maximum atomic E-state index is 14.3. The molecule has 220 valence electrons. The van der Waals surface area contributed by atoms with Gasteiger partial charge in [-0.15, -0.1) is 0 Å². The van der Waals surface area contributed by atoms with Crippen LogP contribution in [0.4, 0.5) is 0 Å². The Kier molecular flexibility index (Phi) is 9.82. The van der Waals surface area contributed by atoms with E-state index in [1.165, 1.54) is 17.7 Å². The van der Waals surface area contributed by atoms with Crippen LogP contribution in [-0.4, -0.2) is 18.9 Å². The van der Waals surface area contributed by atoms with E-state index in [-0.39, 0.29) is 34.5 Å². The molecule has 2 fully saturated rings. The van der Waals surface area contributed by atoms with Gasteiger partial charge in [0.2, 0.25) is 0 Å². The van der Waals surface area contributed by atoms with Crippen LogP contribution >= 0.6 is 0 Å². The highest BCUT2D eigenvalue weighted by Gasteiger charge is 2.31. The second-order valence-corrected chi connectivity index (χ2v) is 14.4. The van der Waals surface area contributed by atoms with E-state index < -0.39 is 10.1 Å². The molecule has 6 heteroatoms. The van der Waals surface area contributed by atoms with E-state index in [1.807, 2.05) is 0 Å². The van der Waals surface area contributed by atoms with E-state index in [1.54, 1.807) is 0 Å². The van der Waals surface area contributed by atoms with Gasteiger partial charge < -0.3 is 9.29 Å². The molecule has 4 rings (SSSR count). The molecule has 0 aliphatic heterocycles. The van der Waals surface area contributed by atoms with Crippen LogP contribution < -0.4 is 4.74 Å². The number of carbonyl (C=O) groups excluding carboxylic acids is 1. The van der Waals surface area contributed by atoms with Gasteiger partial charge in [-0.05, 0) is 95.2 Å². The predicted octanol–water partition coefficient (Wildman–Crippen LogP) is 9.28. The number of ether oxygens (including phenoxy) is 1. The Balaban J connectivity index is 1.92. The smallest absolute Gasteiger partial charge is 0.344 e. The summed E-state index contributed by atoms with van der Waals surface area (Å²) in [7, 11) is -4.66. The fourth-order valence-corrected chi connectivity index (χ4v) is 7.22. The van der Waals surface area contributed by atoms with E-state index in [9.17, 15) is 17.8 Å². The zero-order valence-electron chi connectivity index (χ0n) is 25.2. The van der Waals surface area contributed by atoms with E-state index >= 15 is 0 Å². The highest BCUT2D eigenvalue weighted by atomic mass is 32.2. The third-order valence-corrected chi connectivity index (χ3v) is 9.84. The minimum absolute atomic E-state index is 0.0676. The van der Waals surface area contributed by atoms with Gasteiger partial charge in [0, 0.05) is 0 Å². The van der Waals surface area contributed by atoms with E-state index in [4.69, 9.17) is 4.74 Å². The summed E-state index contributed by atoms with van der Waals surface area (Å²) in [6, 6.07) is 7.33. The van der Waals surface area contributed by atoms with Crippen molar-refractivity contribution in [3.05, 3.63) is 57.6 Å². The van der Waals surface area contributed by atoms with Crippen LogP contribution in [0.25, 0.3) is 0 Å². The molecular weight excluding hydrogens is 520 g/mol. The maximum Gasteiger partial charge on any atom is 0.344 e. The zero-order valence-corrected chi connectivity index (χ0v) is 26.0. The Morgan fingerprint density at radius 2 is 1.15 bits per heavy atom. The second-order valence-electron chi connectivity index (χ2n) is 13.0. The Hall–Kier alpha value is -2.18. The molecule has 0 radical (unpaired) electrons. The largest absolute Gasteiger partial charge is 0.744 e. The normalized spacial score (nSPS) is 17.6. The number of hydrogen-bond donors (Lipinski definition) is 0. The molecule has 0 spiro atoms. The van der Waals surface area contributed by atoms with E-state index in [0.717, 1.165) is 86.5 Å². The van der Waals surface area contributed by atoms with Crippen LogP contribution in [0.3, 0.4) is 0 Å². The number of rotatable bonds is 8. The molecule has 2 aromatic carbocycles. The fourth-order valence-electron chi connectivity index (χ4n) is 6.68. The average Bonchev–Trinajstić information content (AvgIpc) is 2.92. The Bertz CT molecular complexity index is 1240. The SMILES string of the molecule is CC(C)c1cc(C(C)C)c(C(=O)Oc2c(C3CCCCC3)cc(S(=O)(=O)[O-])cc2C2CCCCC2)c(C(C)C)c1. The third kappa shape index (κ3) is 6.82. The molecule has 0 N–H and O–H groups in total. The highest BCUT2D eigenvalue weighted by molar-refractivity contribution is 7.85. The van der Waals surface area contributed by atoms with Crippen LogP contribution in [0, 0.1) is 0 Å². The summed E-state index contributed by atoms with van der Waals surface area (Å²) in [5.41, 5.74) is 5.25. The Morgan fingerprint density at radius 1 is 0.725 bits per heavy atom. The molecule has 0 aromatic heterocycles. The van der Waals surface area contributed by atoms with Crippen molar-refractivity contribution >= 4 is 16.1 Å². The molecule has 0 amide bonds. The first-order valence-corrected chi connectivity index (χ1v) is 16.8. The van der Waals surface area contributed by atoms with Crippen molar-refractivity contribution < 1.29 is 22.5 Å². The topological polar surface area (TPSA) is 83.5 Å². The lowest BCUT2D eigenvalue weighted by Crippen LogP contribution is -2.20. The summed E-state index contributed by atoms with van der Waals surface area (Å²) in [6.07, 6.45) is 10.0. The van der Waals surface area contributed by atoms with Crippen molar-refractivity contribution in [2.45, 2.75) is 140 Å². The first kappa shape index (κ1) is 30.8. The second kappa shape index (κ2) is 12.8. The number of hydrogen-bond acceptors (Lipinski definition) is 5. The van der Waals surface area contributed by atoms with Crippen molar-refractivity contribution in [2.24, 2.45) is 0 Å². The van der Waals surface area contributed by atoms with Gasteiger partial charge >= 0.3 is 5.97 Å². The lowest BCUT2D eigenvalue weighted by Gasteiger charge is -2.30. The molecule has 0 bridgehead atoms. The van der Waals surface area contributed by atoms with Gasteiger partial charge in [-0.1, -0.05) is 92.2 Å². The average molecular weight is 568 g/mol. The summed E-state index contributed by atoms with van der Waals surface area (Å²) in [5.74, 6) is 0.849. The zero-order chi connectivity index (χ0) is 29.2. The lowest BCUT2D eigenvalue weighted by atomic mass is 9.79. The number of benzene rings is 2. The van der Waals surface area contributed by atoms with Gasteiger partial charge in [0.05, 0.1) is 10.5 Å². The Labute approximate surface area is 241 Å². The first-order valence-electron chi connectivity index (χ1n) is 15.4. The summed E-state index contributed by atoms with van der Waals surface area (Å²) in [6.45, 7) is 12.8. The summed E-state index contributed by atoms with van der Waals surface area (Å²) in [5, 5.41) is 0. The van der Waals surface area contributed by atoms with Crippen molar-refractivity contribution in [3.8, 4) is 5.75 Å². The lowest BCUT2D eigenvalue weighted by molar-refractivity contribution is 0.0726. The highest BCUT2D eigenvalue weighted by Crippen LogP contribution is 2.46. The fraction of sp³-hybridized carbons (Fsp3) is 0.618. The maximum absolute atomic E-state index is 14.3. The van der Waals surface area contributed by atoms with Gasteiger partial charge in [-0.2, -0.15) is 0 Å². The van der Waals surface area contributed by atoms with Gasteiger partial charge in [-0.25, -0.2) is 13.2 Å². The van der Waals surface area contributed by atoms with Crippen LogP contribution in [0.2, 0.25) is 0 Å². The van der Waals surface area contributed by atoms with Gasteiger partial charge in [-0.3, -0.25) is 0 Å².